The lowest BCUT2D eigenvalue weighted by Crippen LogP contribution is -2.10. The largest absolute Gasteiger partial charge is 0.454 e. The molecular formula is C52H33NOS. The molecule has 11 aromatic rings. The second kappa shape index (κ2) is 12.9. The highest BCUT2D eigenvalue weighted by Gasteiger charge is 2.23. The Morgan fingerprint density at radius 1 is 0.400 bits per heavy atom. The fourth-order valence-electron chi connectivity index (χ4n) is 8.22. The number of nitrogens with zero attached hydrogens (tertiary/aromatic N) is 1. The average molecular weight is 720 g/mol. The van der Waals surface area contributed by atoms with Crippen LogP contribution in [0.1, 0.15) is 0 Å². The van der Waals surface area contributed by atoms with E-state index in [9.17, 15) is 0 Å². The van der Waals surface area contributed by atoms with Crippen LogP contribution in [0.2, 0.25) is 0 Å². The maximum Gasteiger partial charge on any atom is 0.160 e. The molecule has 0 fully saturated rings. The number of benzene rings is 9. The topological polar surface area (TPSA) is 16.4 Å². The Kier molecular flexibility index (Phi) is 7.39. The maximum absolute atomic E-state index is 6.85. The zero-order valence-electron chi connectivity index (χ0n) is 29.8. The minimum Gasteiger partial charge on any atom is -0.454 e. The van der Waals surface area contributed by atoms with E-state index in [1.807, 2.05) is 17.4 Å². The van der Waals surface area contributed by atoms with E-state index in [-0.39, 0.29) is 0 Å². The van der Waals surface area contributed by atoms with Gasteiger partial charge < -0.3 is 9.32 Å². The minimum atomic E-state index is 0.862. The van der Waals surface area contributed by atoms with Gasteiger partial charge in [0, 0.05) is 42.3 Å². The van der Waals surface area contributed by atoms with Gasteiger partial charge in [-0.3, -0.25) is 0 Å². The highest BCUT2D eigenvalue weighted by atomic mass is 32.1. The molecular weight excluding hydrogens is 687 g/mol. The molecule has 0 atom stereocenters. The molecule has 0 aliphatic heterocycles. The van der Waals surface area contributed by atoms with Crippen LogP contribution in [0, 0.1) is 0 Å². The van der Waals surface area contributed by atoms with E-state index in [0.29, 0.717) is 0 Å². The molecule has 2 heterocycles. The molecule has 0 bridgehead atoms. The summed E-state index contributed by atoms with van der Waals surface area (Å²) in [7, 11) is 0. The van der Waals surface area contributed by atoms with Crippen LogP contribution in [-0.2, 0) is 0 Å². The molecule has 55 heavy (non-hydrogen) atoms. The SMILES string of the molecule is c1ccc(-c2ccc3cc(N(c4ccc(-c5cccc6c5sc5ccccc56)cc4)c4ccc(-c5ccccc5)c5c4oc4ccccc45)ccc3c2)cc1. The van der Waals surface area contributed by atoms with Crippen molar-refractivity contribution in [3.8, 4) is 33.4 Å². The highest BCUT2D eigenvalue weighted by Crippen LogP contribution is 2.47. The van der Waals surface area contributed by atoms with Crippen molar-refractivity contribution >= 4 is 81.3 Å². The smallest absolute Gasteiger partial charge is 0.160 e. The van der Waals surface area contributed by atoms with Crippen molar-refractivity contribution in [1.29, 1.82) is 0 Å². The Hall–Kier alpha value is -6.94. The minimum absolute atomic E-state index is 0.862. The molecule has 0 radical (unpaired) electrons. The Balaban J connectivity index is 1.11. The first-order valence-corrected chi connectivity index (χ1v) is 19.5. The van der Waals surface area contributed by atoms with Crippen molar-refractivity contribution < 1.29 is 4.42 Å². The molecule has 0 N–H and O–H groups in total. The van der Waals surface area contributed by atoms with Gasteiger partial charge in [0.2, 0.25) is 0 Å². The molecule has 0 unspecified atom stereocenters. The van der Waals surface area contributed by atoms with Gasteiger partial charge >= 0.3 is 0 Å². The number of furan rings is 1. The summed E-state index contributed by atoms with van der Waals surface area (Å²) in [5, 5.41) is 7.22. The fourth-order valence-corrected chi connectivity index (χ4v) is 9.46. The summed E-state index contributed by atoms with van der Waals surface area (Å²) in [6.45, 7) is 0. The lowest BCUT2D eigenvalue weighted by Gasteiger charge is -2.26. The van der Waals surface area contributed by atoms with Crippen LogP contribution in [-0.4, -0.2) is 0 Å². The monoisotopic (exact) mass is 719 g/mol. The van der Waals surface area contributed by atoms with E-state index in [1.54, 1.807) is 0 Å². The molecule has 258 valence electrons. The summed E-state index contributed by atoms with van der Waals surface area (Å²) in [6.07, 6.45) is 0. The van der Waals surface area contributed by atoms with E-state index in [4.69, 9.17) is 4.42 Å². The molecule has 3 heteroatoms. The predicted octanol–water partition coefficient (Wildman–Crippen LogP) is 15.6. The predicted molar refractivity (Wildman–Crippen MR) is 235 cm³/mol. The second-order valence-corrected chi connectivity index (χ2v) is 15.1. The first kappa shape index (κ1) is 31.6. The Bertz CT molecular complexity index is 3190. The van der Waals surface area contributed by atoms with Crippen molar-refractivity contribution in [2.75, 3.05) is 4.90 Å². The van der Waals surface area contributed by atoms with Crippen LogP contribution >= 0.6 is 11.3 Å². The van der Waals surface area contributed by atoms with Crippen LogP contribution in [0.15, 0.2) is 205 Å². The number of para-hydroxylation sites is 1. The van der Waals surface area contributed by atoms with Gasteiger partial charge in [0.25, 0.3) is 0 Å². The highest BCUT2D eigenvalue weighted by molar-refractivity contribution is 7.26. The van der Waals surface area contributed by atoms with E-state index in [1.165, 1.54) is 53.2 Å². The van der Waals surface area contributed by atoms with Gasteiger partial charge in [0.05, 0.1) is 5.69 Å². The van der Waals surface area contributed by atoms with Crippen LogP contribution < -0.4 is 4.90 Å². The van der Waals surface area contributed by atoms with Crippen LogP contribution in [0.25, 0.3) is 86.3 Å². The number of hydrogen-bond acceptors (Lipinski definition) is 3. The molecule has 11 rings (SSSR count). The lowest BCUT2D eigenvalue weighted by molar-refractivity contribution is 0.669. The van der Waals surface area contributed by atoms with Gasteiger partial charge in [0.15, 0.2) is 5.58 Å². The maximum atomic E-state index is 6.85. The quantitative estimate of drug-likeness (QED) is 0.170. The summed E-state index contributed by atoms with van der Waals surface area (Å²) < 4.78 is 9.48. The van der Waals surface area contributed by atoms with Crippen LogP contribution in [0.3, 0.4) is 0 Å². The standard InChI is InChI=1S/C52H33NOS/c1-3-12-34(13-4-1)37-22-23-39-33-41(29-26-38(39)32-37)53(40-27-24-36(25-28-40)43-18-11-19-45-44-16-8-10-21-49(44)55-52(43)45)47-31-30-42(35-14-5-2-6-15-35)50-46-17-7-9-20-48(46)54-51(47)50/h1-33H. The molecule has 2 nitrogen and oxygen atoms in total. The molecule has 0 spiro atoms. The first-order valence-electron chi connectivity index (χ1n) is 18.7. The normalized spacial score (nSPS) is 11.6. The van der Waals surface area contributed by atoms with Gasteiger partial charge in [-0.1, -0.05) is 152 Å². The van der Waals surface area contributed by atoms with Crippen LogP contribution in [0.5, 0.6) is 0 Å². The van der Waals surface area contributed by atoms with Crippen molar-refractivity contribution in [3.63, 3.8) is 0 Å². The summed E-state index contributed by atoms with van der Waals surface area (Å²) in [4.78, 5) is 2.35. The van der Waals surface area contributed by atoms with E-state index < -0.39 is 0 Å². The van der Waals surface area contributed by atoms with Gasteiger partial charge in [0.1, 0.15) is 5.58 Å². The molecule has 0 aliphatic carbocycles. The van der Waals surface area contributed by atoms with E-state index >= 15 is 0 Å². The van der Waals surface area contributed by atoms with Crippen LogP contribution in [0.4, 0.5) is 17.1 Å². The van der Waals surface area contributed by atoms with Gasteiger partial charge in [-0.05, 0) is 92.7 Å². The van der Waals surface area contributed by atoms with E-state index in [0.717, 1.165) is 50.1 Å². The molecule has 0 amide bonds. The Morgan fingerprint density at radius 3 is 1.87 bits per heavy atom. The van der Waals surface area contributed by atoms with E-state index in [2.05, 4.69) is 199 Å². The summed E-state index contributed by atoms with van der Waals surface area (Å²) in [6, 6.07) is 72.0. The number of anilines is 3. The fraction of sp³-hybridized carbons (Fsp3) is 0. The Labute approximate surface area is 322 Å². The van der Waals surface area contributed by atoms with Gasteiger partial charge in [-0.15, -0.1) is 11.3 Å². The molecule has 9 aromatic carbocycles. The first-order chi connectivity index (χ1) is 27.3. The molecule has 0 aliphatic rings. The Morgan fingerprint density at radius 2 is 1.04 bits per heavy atom. The molecule has 0 saturated heterocycles. The third kappa shape index (κ3) is 5.32. The number of rotatable bonds is 6. The number of thiophene rings is 1. The third-order valence-corrected chi connectivity index (χ3v) is 12.1. The van der Waals surface area contributed by atoms with Crippen molar-refractivity contribution in [1.82, 2.24) is 0 Å². The van der Waals surface area contributed by atoms with Crippen molar-refractivity contribution in [3.05, 3.63) is 200 Å². The molecule has 0 saturated carbocycles. The zero-order chi connectivity index (χ0) is 36.3. The molecule has 2 aromatic heterocycles. The summed E-state index contributed by atoms with van der Waals surface area (Å²) >= 11 is 1.87. The number of fused-ring (bicyclic) bond motifs is 7. The zero-order valence-corrected chi connectivity index (χ0v) is 30.6. The van der Waals surface area contributed by atoms with Gasteiger partial charge in [-0.25, -0.2) is 0 Å². The average Bonchev–Trinajstić information content (AvgIpc) is 3.84. The lowest BCUT2D eigenvalue weighted by atomic mass is 9.97. The van der Waals surface area contributed by atoms with Crippen molar-refractivity contribution in [2.45, 2.75) is 0 Å². The second-order valence-electron chi connectivity index (χ2n) is 14.1. The summed E-state index contributed by atoms with van der Waals surface area (Å²) in [5.41, 5.74) is 12.0. The van der Waals surface area contributed by atoms with Crippen molar-refractivity contribution in [2.24, 2.45) is 0 Å². The third-order valence-electron chi connectivity index (χ3n) is 10.9. The van der Waals surface area contributed by atoms with Gasteiger partial charge in [-0.2, -0.15) is 0 Å². The summed E-state index contributed by atoms with van der Waals surface area (Å²) in [5.74, 6) is 0. The number of hydrogen-bond donors (Lipinski definition) is 0.